The molecule has 0 fully saturated rings. The van der Waals surface area contributed by atoms with Gasteiger partial charge in [-0.3, -0.25) is 0 Å². The zero-order valence-electron chi connectivity index (χ0n) is 9.78. The van der Waals surface area contributed by atoms with Crippen LogP contribution in [0.25, 0.3) is 0 Å². The normalized spacial score (nSPS) is 10.7. The molecule has 1 N–H and O–H groups in total. The van der Waals surface area contributed by atoms with Gasteiger partial charge in [-0.25, -0.2) is 22.0 Å². The van der Waals surface area contributed by atoms with E-state index in [4.69, 9.17) is 11.6 Å². The highest BCUT2D eigenvalue weighted by atomic mass is 35.5. The molecule has 0 radical (unpaired) electrons. The van der Waals surface area contributed by atoms with Crippen LogP contribution in [0.3, 0.4) is 0 Å². The summed E-state index contributed by atoms with van der Waals surface area (Å²) in [5, 5.41) is 2.27. The van der Waals surface area contributed by atoms with E-state index in [1.807, 2.05) is 0 Å². The highest BCUT2D eigenvalue weighted by Crippen LogP contribution is 2.25. The molecular weight excluding hydrogens is 301 g/mol. The Hall–Kier alpha value is -1.82. The van der Waals surface area contributed by atoms with Gasteiger partial charge in [-0.1, -0.05) is 11.6 Å². The number of hydrogen-bond donors (Lipinski definition) is 1. The summed E-state index contributed by atoms with van der Waals surface area (Å²) in [7, 11) is 0. The number of hydrogen-bond acceptors (Lipinski definition) is 1. The first-order valence-electron chi connectivity index (χ1n) is 5.40. The van der Waals surface area contributed by atoms with Crippen molar-refractivity contribution >= 4 is 17.3 Å². The van der Waals surface area contributed by atoms with E-state index in [1.54, 1.807) is 0 Å². The maximum Gasteiger partial charge on any atom is 0.185 e. The highest BCUT2D eigenvalue weighted by Gasteiger charge is 2.18. The Morgan fingerprint density at radius 2 is 1.45 bits per heavy atom. The molecule has 2 aromatic rings. The van der Waals surface area contributed by atoms with Crippen molar-refractivity contribution < 1.29 is 22.0 Å². The molecule has 1 nitrogen and oxygen atoms in total. The van der Waals surface area contributed by atoms with Crippen molar-refractivity contribution in [3.05, 3.63) is 63.9 Å². The molecule has 0 saturated carbocycles. The number of benzene rings is 2. The van der Waals surface area contributed by atoms with Crippen molar-refractivity contribution in [2.24, 2.45) is 0 Å². The first-order chi connectivity index (χ1) is 9.38. The van der Waals surface area contributed by atoms with Crippen molar-refractivity contribution in [1.29, 1.82) is 0 Å². The molecule has 0 aliphatic heterocycles. The largest absolute Gasteiger partial charge is 0.376 e. The van der Waals surface area contributed by atoms with Gasteiger partial charge in [-0.2, -0.15) is 0 Å². The molecule has 0 amide bonds. The van der Waals surface area contributed by atoms with Crippen LogP contribution in [-0.2, 0) is 6.54 Å². The number of anilines is 1. The van der Waals surface area contributed by atoms with E-state index < -0.39 is 34.8 Å². The predicted molar refractivity (Wildman–Crippen MR) is 65.0 cm³/mol. The molecule has 0 aromatic heterocycles. The molecule has 0 heterocycles. The summed E-state index contributed by atoms with van der Waals surface area (Å²) < 4.78 is 65.7. The van der Waals surface area contributed by atoms with Crippen LogP contribution in [-0.4, -0.2) is 0 Å². The maximum atomic E-state index is 13.4. The Morgan fingerprint density at radius 1 is 0.850 bits per heavy atom. The second kappa shape index (κ2) is 5.66. The quantitative estimate of drug-likeness (QED) is 0.643. The van der Waals surface area contributed by atoms with Crippen LogP contribution < -0.4 is 5.32 Å². The van der Waals surface area contributed by atoms with E-state index in [1.165, 1.54) is 6.07 Å². The van der Waals surface area contributed by atoms with E-state index in [0.717, 1.165) is 12.1 Å². The van der Waals surface area contributed by atoms with Crippen LogP contribution in [0.5, 0.6) is 0 Å². The third-order valence-electron chi connectivity index (χ3n) is 2.50. The van der Waals surface area contributed by atoms with Crippen LogP contribution in [0, 0.1) is 29.1 Å². The molecule has 0 spiro atoms. The Morgan fingerprint density at radius 3 is 2.00 bits per heavy atom. The summed E-state index contributed by atoms with van der Waals surface area (Å²) in [5.41, 5.74) is -0.693. The molecule has 0 aliphatic carbocycles. The molecule has 20 heavy (non-hydrogen) atoms. The van der Waals surface area contributed by atoms with E-state index in [9.17, 15) is 22.0 Å². The summed E-state index contributed by atoms with van der Waals surface area (Å²) in [6.07, 6.45) is 0. The van der Waals surface area contributed by atoms with Gasteiger partial charge in [0.1, 0.15) is 11.5 Å². The summed E-state index contributed by atoms with van der Waals surface area (Å²) in [4.78, 5) is 0. The standard InChI is InChI=1S/C13H7ClF5N/c14-7-1-6(2-8(15)3-7)5-20-13-11(18)9(16)4-10(17)12(13)19/h1-4,20H,5H2. The van der Waals surface area contributed by atoms with Gasteiger partial charge in [-0.15, -0.1) is 0 Å². The fraction of sp³-hybridized carbons (Fsp3) is 0.0769. The van der Waals surface area contributed by atoms with Crippen LogP contribution in [0.4, 0.5) is 27.6 Å². The molecule has 2 aromatic carbocycles. The van der Waals surface area contributed by atoms with Crippen LogP contribution in [0.2, 0.25) is 5.02 Å². The van der Waals surface area contributed by atoms with Crippen molar-refractivity contribution in [3.8, 4) is 0 Å². The molecule has 0 saturated heterocycles. The second-order valence-corrected chi connectivity index (χ2v) is 4.41. The number of nitrogens with one attached hydrogen (secondary N) is 1. The summed E-state index contributed by atoms with van der Waals surface area (Å²) >= 11 is 5.61. The van der Waals surface area contributed by atoms with Gasteiger partial charge in [0.2, 0.25) is 0 Å². The SMILES string of the molecule is Fc1cc(Cl)cc(CNc2c(F)c(F)cc(F)c2F)c1. The molecular formula is C13H7ClF5N. The first kappa shape index (κ1) is 14.6. The maximum absolute atomic E-state index is 13.4. The molecule has 2 rings (SSSR count). The summed E-state index contributed by atoms with van der Waals surface area (Å²) in [6, 6.07) is 3.58. The number of halogens is 6. The van der Waals surface area contributed by atoms with E-state index >= 15 is 0 Å². The lowest BCUT2D eigenvalue weighted by molar-refractivity contribution is 0.458. The smallest absolute Gasteiger partial charge is 0.185 e. The Balaban J connectivity index is 2.27. The van der Waals surface area contributed by atoms with Gasteiger partial charge in [-0.05, 0) is 23.8 Å². The van der Waals surface area contributed by atoms with Gasteiger partial charge in [0.05, 0.1) is 0 Å². The molecule has 106 valence electrons. The lowest BCUT2D eigenvalue weighted by Gasteiger charge is -2.10. The van der Waals surface area contributed by atoms with Crippen LogP contribution in [0.15, 0.2) is 24.3 Å². The van der Waals surface area contributed by atoms with Gasteiger partial charge < -0.3 is 5.32 Å². The molecule has 7 heteroatoms. The van der Waals surface area contributed by atoms with Crippen LogP contribution in [0.1, 0.15) is 5.56 Å². The monoisotopic (exact) mass is 307 g/mol. The van der Waals surface area contributed by atoms with E-state index in [2.05, 4.69) is 5.32 Å². The fourth-order valence-electron chi connectivity index (χ4n) is 1.63. The third kappa shape index (κ3) is 3.01. The van der Waals surface area contributed by atoms with Gasteiger partial charge in [0.15, 0.2) is 23.3 Å². The summed E-state index contributed by atoms with van der Waals surface area (Å²) in [6.45, 7) is -0.256. The average molecular weight is 308 g/mol. The van der Waals surface area contributed by atoms with Crippen molar-refractivity contribution in [1.82, 2.24) is 0 Å². The van der Waals surface area contributed by atoms with Crippen molar-refractivity contribution in [2.75, 3.05) is 5.32 Å². The Labute approximate surface area is 116 Å². The second-order valence-electron chi connectivity index (χ2n) is 3.97. The van der Waals surface area contributed by atoms with Crippen LogP contribution >= 0.6 is 11.6 Å². The van der Waals surface area contributed by atoms with E-state index in [-0.39, 0.29) is 23.2 Å². The lowest BCUT2D eigenvalue weighted by atomic mass is 10.2. The summed E-state index contributed by atoms with van der Waals surface area (Å²) in [5.74, 6) is -6.79. The van der Waals surface area contributed by atoms with Gasteiger partial charge >= 0.3 is 0 Å². The zero-order chi connectivity index (χ0) is 14.9. The van der Waals surface area contributed by atoms with Crippen molar-refractivity contribution in [3.63, 3.8) is 0 Å². The first-order valence-corrected chi connectivity index (χ1v) is 5.78. The predicted octanol–water partition coefficient (Wildman–Crippen LogP) is 4.65. The lowest BCUT2D eigenvalue weighted by Crippen LogP contribution is -2.07. The third-order valence-corrected chi connectivity index (χ3v) is 2.72. The molecule has 0 bridgehead atoms. The minimum Gasteiger partial charge on any atom is -0.376 e. The molecule has 0 aliphatic rings. The zero-order valence-corrected chi connectivity index (χ0v) is 10.5. The van der Waals surface area contributed by atoms with E-state index in [0.29, 0.717) is 0 Å². The Kier molecular flexibility index (Phi) is 4.13. The average Bonchev–Trinajstić information content (AvgIpc) is 2.35. The Bertz CT molecular complexity index is 613. The minimum atomic E-state index is -1.55. The topological polar surface area (TPSA) is 12.0 Å². The van der Waals surface area contributed by atoms with Crippen molar-refractivity contribution in [2.45, 2.75) is 6.54 Å². The fourth-order valence-corrected chi connectivity index (χ4v) is 1.88. The highest BCUT2D eigenvalue weighted by molar-refractivity contribution is 6.30. The minimum absolute atomic E-state index is 0.0909. The number of rotatable bonds is 3. The van der Waals surface area contributed by atoms with Gasteiger partial charge in [0.25, 0.3) is 0 Å². The molecule has 0 unspecified atom stereocenters. The van der Waals surface area contributed by atoms with Gasteiger partial charge in [0, 0.05) is 17.6 Å². The molecule has 0 atom stereocenters.